The summed E-state index contributed by atoms with van der Waals surface area (Å²) in [5.41, 5.74) is 0. The lowest BCUT2D eigenvalue weighted by Crippen LogP contribution is -2.43. The Labute approximate surface area is 109 Å². The second kappa shape index (κ2) is 5.44. The average molecular weight is 274 g/mol. The van der Waals surface area contributed by atoms with Crippen molar-refractivity contribution in [2.75, 3.05) is 32.4 Å². The van der Waals surface area contributed by atoms with Gasteiger partial charge in [-0.05, 0) is 25.7 Å². The first-order chi connectivity index (χ1) is 8.45. The van der Waals surface area contributed by atoms with E-state index in [-0.39, 0.29) is 0 Å². The minimum atomic E-state index is -3.01. The lowest BCUT2D eigenvalue weighted by atomic mass is 9.98. The quantitative estimate of drug-likeness (QED) is 0.734. The van der Waals surface area contributed by atoms with Crippen molar-refractivity contribution < 1.29 is 8.42 Å². The highest BCUT2D eigenvalue weighted by Gasteiger charge is 2.25. The summed E-state index contributed by atoms with van der Waals surface area (Å²) in [5.74, 6) is 1.41. The Bertz CT molecular complexity index is 413. The van der Waals surface area contributed by atoms with Gasteiger partial charge in [0.25, 0.3) is 0 Å². The fraction of sp³-hybridized carbons (Fsp3) is 0.909. The molecule has 1 fully saturated rings. The van der Waals surface area contributed by atoms with E-state index in [1.807, 2.05) is 0 Å². The summed E-state index contributed by atoms with van der Waals surface area (Å²) in [6.45, 7) is 5.08. The van der Waals surface area contributed by atoms with E-state index in [4.69, 9.17) is 0 Å². The molecule has 2 aliphatic rings. The zero-order valence-electron chi connectivity index (χ0n) is 11.0. The van der Waals surface area contributed by atoms with Crippen LogP contribution in [0.15, 0.2) is 4.99 Å². The minimum absolute atomic E-state index is 0.416. The van der Waals surface area contributed by atoms with E-state index < -0.39 is 10.0 Å². The number of piperidine rings is 1. The smallest absolute Gasteiger partial charge is 0.211 e. The monoisotopic (exact) mass is 274 g/mol. The van der Waals surface area contributed by atoms with E-state index in [0.717, 1.165) is 31.9 Å². The third-order valence-corrected chi connectivity index (χ3v) is 4.81. The first-order valence-corrected chi connectivity index (χ1v) is 8.30. The molecule has 1 saturated heterocycles. The van der Waals surface area contributed by atoms with Crippen LogP contribution in [0.1, 0.15) is 19.8 Å². The minimum Gasteiger partial charge on any atom is -0.356 e. The van der Waals surface area contributed by atoms with Gasteiger partial charge in [0.1, 0.15) is 0 Å². The maximum absolute atomic E-state index is 11.4. The fourth-order valence-electron chi connectivity index (χ4n) is 2.35. The molecule has 0 aliphatic carbocycles. The molecule has 7 heteroatoms. The molecule has 0 bridgehead atoms. The summed E-state index contributed by atoms with van der Waals surface area (Å²) in [4.78, 5) is 4.34. The summed E-state index contributed by atoms with van der Waals surface area (Å²) >= 11 is 0. The molecule has 2 aliphatic heterocycles. The van der Waals surface area contributed by atoms with E-state index in [9.17, 15) is 8.42 Å². The number of guanidine groups is 1. The van der Waals surface area contributed by atoms with Crippen molar-refractivity contribution in [3.63, 3.8) is 0 Å². The molecule has 0 spiro atoms. The topological polar surface area (TPSA) is 73.8 Å². The van der Waals surface area contributed by atoms with Crippen molar-refractivity contribution >= 4 is 16.0 Å². The van der Waals surface area contributed by atoms with Crippen LogP contribution in [0.25, 0.3) is 0 Å². The fourth-order valence-corrected chi connectivity index (χ4v) is 3.22. The zero-order valence-corrected chi connectivity index (χ0v) is 11.8. The van der Waals surface area contributed by atoms with E-state index in [0.29, 0.717) is 25.0 Å². The van der Waals surface area contributed by atoms with Gasteiger partial charge in [0.15, 0.2) is 5.96 Å². The highest BCUT2D eigenvalue weighted by atomic mass is 32.2. The Kier molecular flexibility index (Phi) is 4.11. The predicted octanol–water partition coefficient (Wildman–Crippen LogP) is -0.405. The van der Waals surface area contributed by atoms with Gasteiger partial charge in [0, 0.05) is 25.7 Å². The van der Waals surface area contributed by atoms with Gasteiger partial charge < -0.3 is 10.6 Å². The van der Waals surface area contributed by atoms with Gasteiger partial charge in [0.05, 0.1) is 12.8 Å². The molecule has 0 amide bonds. The molecule has 0 aromatic rings. The van der Waals surface area contributed by atoms with Crippen molar-refractivity contribution in [2.24, 2.45) is 10.9 Å². The highest BCUT2D eigenvalue weighted by molar-refractivity contribution is 7.88. The van der Waals surface area contributed by atoms with Crippen LogP contribution < -0.4 is 10.6 Å². The summed E-state index contributed by atoms with van der Waals surface area (Å²) < 4.78 is 24.3. The number of rotatable bonds is 3. The van der Waals surface area contributed by atoms with E-state index in [1.165, 1.54) is 6.26 Å². The van der Waals surface area contributed by atoms with Crippen molar-refractivity contribution in [1.29, 1.82) is 0 Å². The van der Waals surface area contributed by atoms with Crippen molar-refractivity contribution in [2.45, 2.75) is 25.8 Å². The van der Waals surface area contributed by atoms with Crippen molar-refractivity contribution in [1.82, 2.24) is 14.9 Å². The molecule has 2 heterocycles. The lowest BCUT2D eigenvalue weighted by Gasteiger charge is -2.30. The molecular weight excluding hydrogens is 252 g/mol. The van der Waals surface area contributed by atoms with Gasteiger partial charge in [-0.25, -0.2) is 12.7 Å². The third kappa shape index (κ3) is 3.58. The second-order valence-corrected chi connectivity index (χ2v) is 7.20. The first-order valence-electron chi connectivity index (χ1n) is 6.45. The third-order valence-electron chi connectivity index (χ3n) is 3.51. The van der Waals surface area contributed by atoms with Crippen LogP contribution in [0.3, 0.4) is 0 Å². The van der Waals surface area contributed by atoms with Gasteiger partial charge >= 0.3 is 0 Å². The Hall–Kier alpha value is -0.820. The second-order valence-electron chi connectivity index (χ2n) is 5.22. The molecule has 0 aromatic heterocycles. The van der Waals surface area contributed by atoms with E-state index >= 15 is 0 Å². The lowest BCUT2D eigenvalue weighted by molar-refractivity contribution is 0.275. The van der Waals surface area contributed by atoms with Crippen LogP contribution in [0, 0.1) is 5.92 Å². The highest BCUT2D eigenvalue weighted by Crippen LogP contribution is 2.18. The van der Waals surface area contributed by atoms with E-state index in [2.05, 4.69) is 22.5 Å². The molecule has 1 atom stereocenters. The molecule has 2 N–H and O–H groups in total. The zero-order chi connectivity index (χ0) is 13.2. The number of nitrogens with one attached hydrogen (secondary N) is 2. The van der Waals surface area contributed by atoms with Crippen LogP contribution in [0.2, 0.25) is 0 Å². The number of hydrogen-bond acceptors (Lipinski definition) is 5. The van der Waals surface area contributed by atoms with E-state index in [1.54, 1.807) is 4.31 Å². The Balaban J connectivity index is 1.71. The maximum Gasteiger partial charge on any atom is 0.211 e. The van der Waals surface area contributed by atoms with Gasteiger partial charge in [-0.2, -0.15) is 0 Å². The standard InChI is InChI=1S/C11H22N4O2S/c1-9-7-12-11(14-9)13-8-10-3-5-15(6-4-10)18(2,16)17/h9-10H,3-8H2,1-2H3,(H2,12,13,14). The molecule has 104 valence electrons. The SMILES string of the molecule is CC1CN=C(NCC2CCN(S(C)(=O)=O)CC2)N1. The van der Waals surface area contributed by atoms with Gasteiger partial charge in [0.2, 0.25) is 10.0 Å². The maximum atomic E-state index is 11.4. The molecule has 0 aromatic carbocycles. The van der Waals surface area contributed by atoms with Crippen molar-refractivity contribution in [3.8, 4) is 0 Å². The summed E-state index contributed by atoms with van der Waals surface area (Å²) in [6.07, 6.45) is 3.12. The van der Waals surface area contributed by atoms with Gasteiger partial charge in [-0.3, -0.25) is 4.99 Å². The largest absolute Gasteiger partial charge is 0.356 e. The molecule has 2 rings (SSSR count). The number of nitrogens with zero attached hydrogens (tertiary/aromatic N) is 2. The molecule has 1 unspecified atom stereocenters. The molecular formula is C11H22N4O2S. The molecule has 0 radical (unpaired) electrons. The molecule has 0 saturated carbocycles. The predicted molar refractivity (Wildman–Crippen MR) is 72.0 cm³/mol. The summed E-state index contributed by atoms with van der Waals surface area (Å²) in [7, 11) is -3.01. The first kappa shape index (κ1) is 13.6. The van der Waals surface area contributed by atoms with Crippen LogP contribution in [-0.4, -0.2) is 57.2 Å². The normalized spacial score (nSPS) is 26.8. The van der Waals surface area contributed by atoms with Gasteiger partial charge in [-0.1, -0.05) is 0 Å². The molecule has 18 heavy (non-hydrogen) atoms. The Morgan fingerprint density at radius 3 is 2.61 bits per heavy atom. The van der Waals surface area contributed by atoms with Crippen LogP contribution in [-0.2, 0) is 10.0 Å². The van der Waals surface area contributed by atoms with Crippen LogP contribution in [0.5, 0.6) is 0 Å². The number of sulfonamides is 1. The number of hydrogen-bond donors (Lipinski definition) is 2. The summed E-state index contributed by atoms with van der Waals surface area (Å²) in [6, 6.07) is 0.416. The van der Waals surface area contributed by atoms with Crippen LogP contribution in [0.4, 0.5) is 0 Å². The molecule has 6 nitrogen and oxygen atoms in total. The number of aliphatic imine (C=N–C) groups is 1. The summed E-state index contributed by atoms with van der Waals surface area (Å²) in [5, 5.41) is 6.57. The Morgan fingerprint density at radius 2 is 2.11 bits per heavy atom. The Morgan fingerprint density at radius 1 is 1.44 bits per heavy atom. The van der Waals surface area contributed by atoms with Crippen molar-refractivity contribution in [3.05, 3.63) is 0 Å². The van der Waals surface area contributed by atoms with Gasteiger partial charge in [-0.15, -0.1) is 0 Å². The average Bonchev–Trinajstić information content (AvgIpc) is 2.72. The van der Waals surface area contributed by atoms with Crippen LogP contribution >= 0.6 is 0 Å².